The van der Waals surface area contributed by atoms with Crippen LogP contribution >= 0.6 is 11.3 Å². The van der Waals surface area contributed by atoms with Crippen LogP contribution in [0.1, 0.15) is 58.3 Å². The molecule has 1 aromatic heterocycles. The van der Waals surface area contributed by atoms with Gasteiger partial charge in [-0.1, -0.05) is 20.8 Å². The SMILES string of the molecule is CC(C)(C)C1CCc2c(C(=O)Nc3ccc(C(=O)O)cc3)csc2C1. The summed E-state index contributed by atoms with van der Waals surface area (Å²) < 4.78 is 0. The van der Waals surface area contributed by atoms with Gasteiger partial charge in [0.1, 0.15) is 0 Å². The Morgan fingerprint density at radius 1 is 1.20 bits per heavy atom. The number of carboxylic acid groups (broad SMARTS) is 1. The summed E-state index contributed by atoms with van der Waals surface area (Å²) in [6, 6.07) is 6.23. The first kappa shape index (κ1) is 17.7. The molecule has 2 aromatic rings. The van der Waals surface area contributed by atoms with Gasteiger partial charge in [0.25, 0.3) is 5.91 Å². The van der Waals surface area contributed by atoms with Gasteiger partial charge in [0.2, 0.25) is 0 Å². The average Bonchev–Trinajstić information content (AvgIpc) is 2.97. The predicted octanol–water partition coefficient (Wildman–Crippen LogP) is 4.85. The molecule has 0 aliphatic heterocycles. The maximum atomic E-state index is 12.6. The minimum absolute atomic E-state index is 0.116. The number of rotatable bonds is 3. The number of carboxylic acids is 1. The van der Waals surface area contributed by atoms with Crippen molar-refractivity contribution in [3.05, 3.63) is 51.2 Å². The Hall–Kier alpha value is -2.14. The molecule has 1 aliphatic rings. The average molecular weight is 357 g/mol. The van der Waals surface area contributed by atoms with E-state index in [0.717, 1.165) is 24.8 Å². The summed E-state index contributed by atoms with van der Waals surface area (Å²) in [6.07, 6.45) is 3.10. The van der Waals surface area contributed by atoms with Crippen LogP contribution in [0.3, 0.4) is 0 Å². The molecule has 0 saturated carbocycles. The highest BCUT2D eigenvalue weighted by molar-refractivity contribution is 7.10. The standard InChI is InChI=1S/C20H23NO3S/c1-20(2,3)13-6-9-15-16(11-25-17(15)10-13)18(22)21-14-7-4-12(5-8-14)19(23)24/h4-5,7-8,11,13H,6,9-10H2,1-3H3,(H,21,22)(H,23,24). The van der Waals surface area contributed by atoms with Crippen LogP contribution in [0.25, 0.3) is 0 Å². The number of carbonyl (C=O) groups is 2. The Labute approximate surface area is 151 Å². The van der Waals surface area contributed by atoms with Crippen LogP contribution in [0.2, 0.25) is 0 Å². The number of anilines is 1. The normalized spacial score (nSPS) is 17.0. The third-order valence-corrected chi connectivity index (χ3v) is 6.07. The molecule has 1 atom stereocenters. The van der Waals surface area contributed by atoms with Gasteiger partial charge in [0.05, 0.1) is 11.1 Å². The highest BCUT2D eigenvalue weighted by atomic mass is 32.1. The fourth-order valence-corrected chi connectivity index (χ4v) is 4.50. The molecule has 2 N–H and O–H groups in total. The fraction of sp³-hybridized carbons (Fsp3) is 0.400. The maximum Gasteiger partial charge on any atom is 0.335 e. The van der Waals surface area contributed by atoms with Crippen LogP contribution in [0, 0.1) is 11.3 Å². The number of amides is 1. The molecule has 4 nitrogen and oxygen atoms in total. The van der Waals surface area contributed by atoms with E-state index in [2.05, 4.69) is 26.1 Å². The smallest absolute Gasteiger partial charge is 0.335 e. The van der Waals surface area contributed by atoms with Crippen LogP contribution < -0.4 is 5.32 Å². The zero-order chi connectivity index (χ0) is 18.2. The van der Waals surface area contributed by atoms with Crippen molar-refractivity contribution in [1.29, 1.82) is 0 Å². The van der Waals surface area contributed by atoms with Gasteiger partial charge in [-0.05, 0) is 60.4 Å². The molecular weight excluding hydrogens is 334 g/mol. The molecule has 1 heterocycles. The first-order valence-corrected chi connectivity index (χ1v) is 9.37. The van der Waals surface area contributed by atoms with E-state index in [0.29, 0.717) is 11.6 Å². The summed E-state index contributed by atoms with van der Waals surface area (Å²) >= 11 is 1.68. The van der Waals surface area contributed by atoms with Crippen molar-refractivity contribution in [2.24, 2.45) is 11.3 Å². The van der Waals surface area contributed by atoms with Crippen LogP contribution in [0.4, 0.5) is 5.69 Å². The predicted molar refractivity (Wildman–Crippen MR) is 101 cm³/mol. The summed E-state index contributed by atoms with van der Waals surface area (Å²) in [7, 11) is 0. The molecule has 1 amide bonds. The summed E-state index contributed by atoms with van der Waals surface area (Å²) in [4.78, 5) is 24.8. The zero-order valence-electron chi connectivity index (χ0n) is 14.8. The van der Waals surface area contributed by atoms with Crippen molar-refractivity contribution in [2.45, 2.75) is 40.0 Å². The van der Waals surface area contributed by atoms with Crippen molar-refractivity contribution < 1.29 is 14.7 Å². The van der Waals surface area contributed by atoms with E-state index in [1.807, 2.05) is 5.38 Å². The van der Waals surface area contributed by atoms with Crippen molar-refractivity contribution in [2.75, 3.05) is 5.32 Å². The third-order valence-electron chi connectivity index (χ3n) is 5.01. The molecule has 1 unspecified atom stereocenters. The largest absolute Gasteiger partial charge is 0.478 e. The van der Waals surface area contributed by atoms with E-state index >= 15 is 0 Å². The second kappa shape index (κ2) is 6.64. The molecule has 0 bridgehead atoms. The molecule has 132 valence electrons. The minimum Gasteiger partial charge on any atom is -0.478 e. The van der Waals surface area contributed by atoms with E-state index in [9.17, 15) is 9.59 Å². The lowest BCUT2D eigenvalue weighted by molar-refractivity contribution is 0.0696. The second-order valence-electron chi connectivity index (χ2n) is 7.69. The Balaban J connectivity index is 1.74. The first-order valence-electron chi connectivity index (χ1n) is 8.49. The van der Waals surface area contributed by atoms with Crippen molar-refractivity contribution in [1.82, 2.24) is 0 Å². The van der Waals surface area contributed by atoms with Gasteiger partial charge in [-0.2, -0.15) is 0 Å². The number of nitrogens with one attached hydrogen (secondary N) is 1. The number of benzene rings is 1. The summed E-state index contributed by atoms with van der Waals surface area (Å²) in [5.74, 6) is -0.439. The summed E-state index contributed by atoms with van der Waals surface area (Å²) in [5.41, 5.74) is 3.05. The quantitative estimate of drug-likeness (QED) is 0.825. The van der Waals surface area contributed by atoms with Gasteiger partial charge in [-0.3, -0.25) is 4.79 Å². The minimum atomic E-state index is -0.974. The summed E-state index contributed by atoms with van der Waals surface area (Å²) in [6.45, 7) is 6.85. The van der Waals surface area contributed by atoms with Gasteiger partial charge in [-0.25, -0.2) is 4.79 Å². The molecule has 3 rings (SSSR count). The maximum absolute atomic E-state index is 12.6. The van der Waals surface area contributed by atoms with Crippen LogP contribution in [-0.4, -0.2) is 17.0 Å². The lowest BCUT2D eigenvalue weighted by Crippen LogP contribution is -2.27. The topological polar surface area (TPSA) is 66.4 Å². The number of carbonyl (C=O) groups excluding carboxylic acids is 1. The van der Waals surface area contributed by atoms with Gasteiger partial charge < -0.3 is 10.4 Å². The molecule has 25 heavy (non-hydrogen) atoms. The van der Waals surface area contributed by atoms with E-state index in [-0.39, 0.29) is 16.9 Å². The number of hydrogen-bond donors (Lipinski definition) is 2. The highest BCUT2D eigenvalue weighted by Crippen LogP contribution is 2.40. The lowest BCUT2D eigenvalue weighted by Gasteiger charge is -2.34. The Kier molecular flexibility index (Phi) is 4.69. The number of fused-ring (bicyclic) bond motifs is 1. The highest BCUT2D eigenvalue weighted by Gasteiger charge is 2.31. The Bertz CT molecular complexity index is 799. The number of thiophene rings is 1. The molecule has 0 fully saturated rings. The second-order valence-corrected chi connectivity index (χ2v) is 8.66. The summed E-state index contributed by atoms with van der Waals surface area (Å²) in [5, 5.41) is 13.8. The van der Waals surface area contributed by atoms with E-state index < -0.39 is 5.97 Å². The van der Waals surface area contributed by atoms with E-state index in [1.54, 1.807) is 23.5 Å². The molecule has 1 aromatic carbocycles. The van der Waals surface area contributed by atoms with Gasteiger partial charge >= 0.3 is 5.97 Å². The van der Waals surface area contributed by atoms with Crippen LogP contribution in [0.15, 0.2) is 29.6 Å². The van der Waals surface area contributed by atoms with Crippen LogP contribution in [0.5, 0.6) is 0 Å². The molecule has 0 spiro atoms. The van der Waals surface area contributed by atoms with Crippen molar-refractivity contribution in [3.8, 4) is 0 Å². The van der Waals surface area contributed by atoms with Crippen LogP contribution in [-0.2, 0) is 12.8 Å². The van der Waals surface area contributed by atoms with Crippen molar-refractivity contribution in [3.63, 3.8) is 0 Å². The molecule has 0 saturated heterocycles. The number of aromatic carboxylic acids is 1. The molecule has 1 aliphatic carbocycles. The fourth-order valence-electron chi connectivity index (χ4n) is 3.34. The molecule has 5 heteroatoms. The molecule has 0 radical (unpaired) electrons. The zero-order valence-corrected chi connectivity index (χ0v) is 15.6. The Morgan fingerprint density at radius 3 is 2.48 bits per heavy atom. The lowest BCUT2D eigenvalue weighted by atomic mass is 9.72. The van der Waals surface area contributed by atoms with E-state index in [1.165, 1.54) is 22.6 Å². The molecular formula is C20H23NO3S. The third kappa shape index (κ3) is 3.76. The number of hydrogen-bond acceptors (Lipinski definition) is 3. The van der Waals surface area contributed by atoms with Gasteiger partial charge in [-0.15, -0.1) is 11.3 Å². The Morgan fingerprint density at radius 2 is 1.88 bits per heavy atom. The van der Waals surface area contributed by atoms with Crippen molar-refractivity contribution >= 4 is 28.9 Å². The van der Waals surface area contributed by atoms with E-state index in [4.69, 9.17) is 5.11 Å². The monoisotopic (exact) mass is 357 g/mol. The van der Waals surface area contributed by atoms with Gasteiger partial charge in [0.15, 0.2) is 0 Å². The van der Waals surface area contributed by atoms with Gasteiger partial charge in [0, 0.05) is 15.9 Å². The first-order chi connectivity index (χ1) is 11.8.